The van der Waals surface area contributed by atoms with Gasteiger partial charge in [0.1, 0.15) is 0 Å². The topological polar surface area (TPSA) is 12.4 Å². The molecule has 1 aliphatic carbocycles. The molecule has 2 aliphatic rings. The van der Waals surface area contributed by atoms with Crippen molar-refractivity contribution in [3.05, 3.63) is 12.2 Å². The quantitative estimate of drug-likeness (QED) is 0.587. The molecular weight excluding hydrogens is 250 g/mol. The summed E-state index contributed by atoms with van der Waals surface area (Å²) in [5.74, 6) is 0.685. The van der Waals surface area contributed by atoms with E-state index in [0.717, 1.165) is 0 Å². The Morgan fingerprint density at radius 3 is 3.00 bits per heavy atom. The van der Waals surface area contributed by atoms with E-state index in [1.165, 1.54) is 38.5 Å². The molecule has 1 nitrogen and oxygen atoms in total. The molecule has 0 saturated heterocycles. The molecule has 1 saturated carbocycles. The lowest BCUT2D eigenvalue weighted by Gasteiger charge is -2.25. The molecule has 0 bridgehead atoms. The van der Waals surface area contributed by atoms with Crippen LogP contribution in [0.5, 0.6) is 0 Å². The Bertz CT molecular complexity index is 268. The second kappa shape index (κ2) is 4.82. The van der Waals surface area contributed by atoms with E-state index in [9.17, 15) is 0 Å². The Morgan fingerprint density at radius 1 is 1.27 bits per heavy atom. The molecule has 15 heavy (non-hydrogen) atoms. The van der Waals surface area contributed by atoms with Crippen LogP contribution in [0.1, 0.15) is 45.4 Å². The van der Waals surface area contributed by atoms with E-state index >= 15 is 0 Å². The predicted molar refractivity (Wildman–Crippen MR) is 69.9 cm³/mol. The molecule has 0 spiro atoms. The van der Waals surface area contributed by atoms with Crippen molar-refractivity contribution in [1.29, 1.82) is 0 Å². The van der Waals surface area contributed by atoms with Crippen LogP contribution in [0.15, 0.2) is 17.1 Å². The fourth-order valence-electron chi connectivity index (χ4n) is 2.61. The number of rotatable bonds is 0. The van der Waals surface area contributed by atoms with Crippen molar-refractivity contribution in [3.8, 4) is 0 Å². The zero-order valence-electron chi connectivity index (χ0n) is 9.45. The first-order valence-corrected chi connectivity index (χ1v) is 6.86. The smallest absolute Gasteiger partial charge is 0.0562 e. The highest BCUT2D eigenvalue weighted by Gasteiger charge is 2.27. The maximum Gasteiger partial charge on any atom is 0.0562 e. The minimum absolute atomic E-state index is 0.358. The lowest BCUT2D eigenvalue weighted by atomic mass is 9.89. The van der Waals surface area contributed by atoms with Crippen molar-refractivity contribution in [1.82, 2.24) is 0 Å². The van der Waals surface area contributed by atoms with Crippen LogP contribution in [0.2, 0.25) is 0 Å². The number of allylic oxidation sites excluding steroid dienone is 1. The van der Waals surface area contributed by atoms with Crippen molar-refractivity contribution in [3.63, 3.8) is 0 Å². The molecule has 2 rings (SSSR count). The molecule has 0 N–H and O–H groups in total. The van der Waals surface area contributed by atoms with Crippen LogP contribution in [-0.2, 0) is 0 Å². The van der Waals surface area contributed by atoms with E-state index in [2.05, 4.69) is 40.0 Å². The van der Waals surface area contributed by atoms with E-state index < -0.39 is 0 Å². The Kier molecular flexibility index (Phi) is 3.65. The molecule has 1 heterocycles. The van der Waals surface area contributed by atoms with Gasteiger partial charge in [-0.05, 0) is 44.6 Å². The van der Waals surface area contributed by atoms with Crippen LogP contribution >= 0.6 is 15.9 Å². The van der Waals surface area contributed by atoms with Crippen molar-refractivity contribution in [2.75, 3.05) is 0 Å². The first kappa shape index (κ1) is 11.4. The van der Waals surface area contributed by atoms with Crippen LogP contribution < -0.4 is 0 Å². The molecule has 0 aromatic rings. The fourth-order valence-corrected chi connectivity index (χ4v) is 3.12. The van der Waals surface area contributed by atoms with Crippen LogP contribution in [0.3, 0.4) is 0 Å². The normalized spacial score (nSPS) is 41.5. The number of nitrogens with zero attached hydrogens (tertiary/aromatic N) is 1. The van der Waals surface area contributed by atoms with Crippen LogP contribution in [0, 0.1) is 5.92 Å². The number of halogens is 1. The number of fused-ring (bicyclic) bond motifs is 1. The Balaban J connectivity index is 2.03. The summed E-state index contributed by atoms with van der Waals surface area (Å²) in [5, 5.41) is 0. The average molecular weight is 270 g/mol. The molecule has 0 amide bonds. The lowest BCUT2D eigenvalue weighted by molar-refractivity contribution is 0.427. The van der Waals surface area contributed by atoms with Gasteiger partial charge in [0.15, 0.2) is 0 Å². The van der Waals surface area contributed by atoms with Gasteiger partial charge in [-0.1, -0.05) is 34.8 Å². The van der Waals surface area contributed by atoms with Gasteiger partial charge in [-0.25, -0.2) is 0 Å². The van der Waals surface area contributed by atoms with E-state index in [1.807, 2.05) is 6.21 Å². The summed E-state index contributed by atoms with van der Waals surface area (Å²) in [6.07, 6.45) is 14.2. The van der Waals surface area contributed by atoms with Crippen molar-refractivity contribution in [2.24, 2.45) is 10.9 Å². The molecule has 1 fully saturated rings. The van der Waals surface area contributed by atoms with Crippen molar-refractivity contribution >= 4 is 22.1 Å². The Morgan fingerprint density at radius 2 is 2.13 bits per heavy atom. The zero-order valence-corrected chi connectivity index (χ0v) is 11.0. The van der Waals surface area contributed by atoms with Gasteiger partial charge in [-0.15, -0.1) is 0 Å². The summed E-state index contributed by atoms with van der Waals surface area (Å²) in [5.41, 5.74) is 0. The predicted octanol–water partition coefficient (Wildman–Crippen LogP) is 4.12. The zero-order chi connectivity index (χ0) is 10.7. The number of alkyl halides is 1. The maximum atomic E-state index is 4.62. The van der Waals surface area contributed by atoms with Gasteiger partial charge in [0.05, 0.1) is 6.04 Å². The molecule has 3 unspecified atom stereocenters. The number of hydrogen-bond acceptors (Lipinski definition) is 1. The van der Waals surface area contributed by atoms with E-state index in [-0.39, 0.29) is 0 Å². The van der Waals surface area contributed by atoms with E-state index in [4.69, 9.17) is 0 Å². The SMILES string of the molecule is CC1(Br)CCCCC2N=CC=CC2CC1. The van der Waals surface area contributed by atoms with Crippen LogP contribution in [0.4, 0.5) is 0 Å². The maximum absolute atomic E-state index is 4.62. The second-order valence-electron chi connectivity index (χ2n) is 5.11. The summed E-state index contributed by atoms with van der Waals surface area (Å²) in [6.45, 7) is 2.34. The third-order valence-corrected chi connectivity index (χ3v) is 4.46. The monoisotopic (exact) mass is 269 g/mol. The number of hydrogen-bond donors (Lipinski definition) is 0. The molecule has 2 heteroatoms. The first-order chi connectivity index (χ1) is 7.17. The Labute approximate surface area is 101 Å². The molecule has 84 valence electrons. The number of aliphatic imine (C=N–C) groups is 1. The summed E-state index contributed by atoms with van der Waals surface area (Å²) in [6, 6.07) is 0.566. The largest absolute Gasteiger partial charge is 0.289 e. The fraction of sp³-hybridized carbons (Fsp3) is 0.769. The van der Waals surface area contributed by atoms with E-state index in [1.54, 1.807) is 0 Å². The minimum atomic E-state index is 0.358. The first-order valence-electron chi connectivity index (χ1n) is 6.06. The third kappa shape index (κ3) is 3.17. The highest BCUT2D eigenvalue weighted by Crippen LogP contribution is 2.36. The summed E-state index contributed by atoms with van der Waals surface area (Å²) < 4.78 is 0.358. The molecule has 1 aliphatic heterocycles. The molecule has 3 atom stereocenters. The molecule has 0 radical (unpaired) electrons. The lowest BCUT2D eigenvalue weighted by Crippen LogP contribution is -2.21. The number of dihydropyridines is 1. The highest BCUT2D eigenvalue weighted by molar-refractivity contribution is 9.10. The summed E-state index contributed by atoms with van der Waals surface area (Å²) in [7, 11) is 0. The van der Waals surface area contributed by atoms with Crippen molar-refractivity contribution < 1.29 is 0 Å². The van der Waals surface area contributed by atoms with Gasteiger partial charge < -0.3 is 0 Å². The van der Waals surface area contributed by atoms with Gasteiger partial charge in [0.2, 0.25) is 0 Å². The molecular formula is C13H20BrN. The van der Waals surface area contributed by atoms with E-state index in [0.29, 0.717) is 16.3 Å². The van der Waals surface area contributed by atoms with Gasteiger partial charge in [-0.3, -0.25) is 4.99 Å². The minimum Gasteiger partial charge on any atom is -0.289 e. The third-order valence-electron chi connectivity index (χ3n) is 3.66. The summed E-state index contributed by atoms with van der Waals surface area (Å²) in [4.78, 5) is 4.62. The van der Waals surface area contributed by atoms with Crippen molar-refractivity contribution in [2.45, 2.75) is 55.8 Å². The highest BCUT2D eigenvalue weighted by atomic mass is 79.9. The molecule has 0 aromatic heterocycles. The standard InChI is InChI=1S/C13H20BrN/c1-13(14)8-3-2-6-12-11(7-9-13)5-4-10-15-12/h4-5,10-12H,2-3,6-9H2,1H3. The summed E-state index contributed by atoms with van der Waals surface area (Å²) >= 11 is 3.87. The van der Waals surface area contributed by atoms with Gasteiger partial charge in [0, 0.05) is 10.5 Å². The van der Waals surface area contributed by atoms with Gasteiger partial charge in [-0.2, -0.15) is 0 Å². The van der Waals surface area contributed by atoms with Crippen LogP contribution in [-0.4, -0.2) is 16.6 Å². The van der Waals surface area contributed by atoms with Gasteiger partial charge in [0.25, 0.3) is 0 Å². The average Bonchev–Trinajstić information content (AvgIpc) is 2.29. The van der Waals surface area contributed by atoms with Crippen LogP contribution in [0.25, 0.3) is 0 Å². The Hall–Kier alpha value is -0.110. The second-order valence-corrected chi connectivity index (χ2v) is 7.03. The van der Waals surface area contributed by atoms with Gasteiger partial charge >= 0.3 is 0 Å². The molecule has 0 aromatic carbocycles.